The van der Waals surface area contributed by atoms with E-state index >= 15 is 0 Å². The van der Waals surface area contributed by atoms with Crippen molar-refractivity contribution in [3.05, 3.63) is 53.8 Å². The van der Waals surface area contributed by atoms with Crippen LogP contribution >= 0.6 is 0 Å². The number of para-hydroxylation sites is 1. The van der Waals surface area contributed by atoms with Crippen molar-refractivity contribution in [3.63, 3.8) is 0 Å². The number of piperidine rings is 1. The average Bonchev–Trinajstić information content (AvgIpc) is 2.78. The van der Waals surface area contributed by atoms with Crippen LogP contribution in [0.25, 0.3) is 0 Å². The molecule has 0 radical (unpaired) electrons. The van der Waals surface area contributed by atoms with Crippen molar-refractivity contribution >= 4 is 21.6 Å². The van der Waals surface area contributed by atoms with Gasteiger partial charge in [-0.05, 0) is 56.1 Å². The predicted octanol–water partition coefficient (Wildman–Crippen LogP) is 3.50. The Balaban J connectivity index is 1.71. The maximum Gasteiger partial charge on any atom is 0.275 e. The topological polar surface area (TPSA) is 85.3 Å². The van der Waals surface area contributed by atoms with Crippen LogP contribution in [0, 0.1) is 0 Å². The van der Waals surface area contributed by atoms with Crippen LogP contribution in [0.2, 0.25) is 0 Å². The fraction of sp³-hybridized carbons (Fsp3) is 0.455. The van der Waals surface area contributed by atoms with E-state index in [0.717, 1.165) is 42.4 Å². The lowest BCUT2D eigenvalue weighted by Gasteiger charge is -2.31. The van der Waals surface area contributed by atoms with Gasteiger partial charge in [-0.3, -0.25) is 4.79 Å². The zero-order valence-electron chi connectivity index (χ0n) is 16.8. The van der Waals surface area contributed by atoms with Gasteiger partial charge in [0.05, 0.1) is 11.8 Å². The van der Waals surface area contributed by atoms with Crippen LogP contribution in [-0.2, 0) is 19.6 Å². The highest BCUT2D eigenvalue weighted by Gasteiger charge is 2.31. The molecule has 2 fully saturated rings. The second-order valence-electron chi connectivity index (χ2n) is 7.81. The van der Waals surface area contributed by atoms with Gasteiger partial charge in [-0.2, -0.15) is 12.8 Å². The smallest absolute Gasteiger partial charge is 0.275 e. The molecule has 0 spiro atoms. The van der Waals surface area contributed by atoms with Crippen molar-refractivity contribution in [3.8, 4) is 5.75 Å². The maximum atomic E-state index is 13.0. The molecule has 7 nitrogen and oxygen atoms in total. The molecule has 1 saturated heterocycles. The van der Waals surface area contributed by atoms with E-state index in [1.54, 1.807) is 0 Å². The quantitative estimate of drug-likeness (QED) is 0.717. The standard InChI is InChI=1S/C22H26N2O5S/c1-2-30(26,27)23-19-7-5-13-24-20(19)14-28-17-11-9-16(10-12-17)18-6-3-4-8-21(18)29-15-22(24)25/h2-4,6,8,14,16-17H,1,5,7,9-13,15H2/b20-14-,23-19+. The van der Waals surface area contributed by atoms with E-state index in [0.29, 0.717) is 36.7 Å². The minimum Gasteiger partial charge on any atom is -0.496 e. The summed E-state index contributed by atoms with van der Waals surface area (Å²) in [6.45, 7) is 3.64. The fourth-order valence-corrected chi connectivity index (χ4v) is 4.89. The van der Waals surface area contributed by atoms with Gasteiger partial charge < -0.3 is 14.4 Å². The molecule has 30 heavy (non-hydrogen) atoms. The third kappa shape index (κ3) is 4.43. The van der Waals surface area contributed by atoms with Gasteiger partial charge in [0.15, 0.2) is 6.61 Å². The number of ether oxygens (including phenoxy) is 2. The molecule has 1 aromatic carbocycles. The maximum absolute atomic E-state index is 13.0. The van der Waals surface area contributed by atoms with Crippen molar-refractivity contribution < 1.29 is 22.7 Å². The van der Waals surface area contributed by atoms with E-state index in [4.69, 9.17) is 9.47 Å². The number of carbonyl (C=O) groups excluding carboxylic acids is 1. The van der Waals surface area contributed by atoms with Gasteiger partial charge in [0.1, 0.15) is 17.7 Å². The van der Waals surface area contributed by atoms with E-state index in [1.807, 2.05) is 18.2 Å². The molecular weight excluding hydrogens is 404 g/mol. The minimum atomic E-state index is -3.81. The molecule has 5 rings (SSSR count). The molecule has 4 aliphatic rings. The van der Waals surface area contributed by atoms with Crippen molar-refractivity contribution in [1.29, 1.82) is 0 Å². The van der Waals surface area contributed by atoms with E-state index in [2.05, 4.69) is 17.0 Å². The van der Waals surface area contributed by atoms with Gasteiger partial charge in [-0.25, -0.2) is 0 Å². The van der Waals surface area contributed by atoms with Gasteiger partial charge in [-0.1, -0.05) is 24.8 Å². The first-order chi connectivity index (χ1) is 14.5. The van der Waals surface area contributed by atoms with Gasteiger partial charge in [0.25, 0.3) is 15.9 Å². The summed E-state index contributed by atoms with van der Waals surface area (Å²) in [7, 11) is -3.81. The number of rotatable bonds is 2. The number of nitrogens with zero attached hydrogens (tertiary/aromatic N) is 2. The van der Waals surface area contributed by atoms with E-state index in [-0.39, 0.29) is 18.6 Å². The summed E-state index contributed by atoms with van der Waals surface area (Å²) in [6.07, 6.45) is 6.31. The third-order valence-corrected chi connectivity index (χ3v) is 6.78. The minimum absolute atomic E-state index is 0.0266. The molecule has 3 aliphatic heterocycles. The molecule has 0 N–H and O–H groups in total. The Morgan fingerprint density at radius 1 is 1.17 bits per heavy atom. The summed E-state index contributed by atoms with van der Waals surface area (Å²) in [4.78, 5) is 14.5. The number of allylic oxidation sites excluding steroid dienone is 1. The number of hydrogen-bond donors (Lipinski definition) is 0. The van der Waals surface area contributed by atoms with Crippen molar-refractivity contribution in [1.82, 2.24) is 4.90 Å². The molecule has 3 heterocycles. The van der Waals surface area contributed by atoms with Gasteiger partial charge in [-0.15, -0.1) is 0 Å². The SMILES string of the molecule is C=CS(=O)(=O)/N=C1CCCN2C(=O)COc3ccccc3C3CCC(CC3)O\C=C\12. The van der Waals surface area contributed by atoms with Crippen LogP contribution < -0.4 is 4.74 Å². The Morgan fingerprint density at radius 3 is 2.70 bits per heavy atom. The number of benzene rings is 1. The lowest BCUT2D eigenvalue weighted by Crippen LogP contribution is -2.41. The first kappa shape index (κ1) is 20.7. The molecule has 8 heteroatoms. The molecule has 0 atom stereocenters. The van der Waals surface area contributed by atoms with Crippen LogP contribution in [-0.4, -0.2) is 44.2 Å². The monoisotopic (exact) mass is 430 g/mol. The van der Waals surface area contributed by atoms with Crippen LogP contribution in [0.15, 0.2) is 52.6 Å². The molecule has 1 amide bonds. The van der Waals surface area contributed by atoms with Gasteiger partial charge in [0, 0.05) is 12.0 Å². The first-order valence-electron chi connectivity index (χ1n) is 10.3. The summed E-state index contributed by atoms with van der Waals surface area (Å²) in [6, 6.07) is 7.88. The molecule has 1 aromatic rings. The second kappa shape index (κ2) is 8.63. The van der Waals surface area contributed by atoms with Crippen LogP contribution in [0.4, 0.5) is 0 Å². The van der Waals surface area contributed by atoms with E-state index in [9.17, 15) is 13.2 Å². The van der Waals surface area contributed by atoms with Crippen LogP contribution in [0.5, 0.6) is 5.75 Å². The highest BCUT2D eigenvalue weighted by atomic mass is 32.2. The zero-order chi connectivity index (χ0) is 21.1. The largest absolute Gasteiger partial charge is 0.496 e. The number of amides is 1. The molecule has 0 aromatic heterocycles. The molecule has 1 aliphatic carbocycles. The van der Waals surface area contributed by atoms with E-state index in [1.165, 1.54) is 11.2 Å². The predicted molar refractivity (Wildman–Crippen MR) is 114 cm³/mol. The molecule has 1 saturated carbocycles. The summed E-state index contributed by atoms with van der Waals surface area (Å²) in [5, 5.41) is 0.809. The van der Waals surface area contributed by atoms with Gasteiger partial charge in [0.2, 0.25) is 0 Å². The second-order valence-corrected chi connectivity index (χ2v) is 9.35. The van der Waals surface area contributed by atoms with Crippen molar-refractivity contribution in [2.24, 2.45) is 4.40 Å². The number of fused-ring (bicyclic) bond motifs is 5. The average molecular weight is 431 g/mol. The molecule has 0 unspecified atom stereocenters. The summed E-state index contributed by atoms with van der Waals surface area (Å²) >= 11 is 0. The van der Waals surface area contributed by atoms with Gasteiger partial charge >= 0.3 is 0 Å². The molecular formula is C22H26N2O5S. The normalized spacial score (nSPS) is 27.9. The van der Waals surface area contributed by atoms with Crippen LogP contribution in [0.1, 0.15) is 50.0 Å². The summed E-state index contributed by atoms with van der Waals surface area (Å²) < 4.78 is 39.9. The number of carbonyl (C=O) groups is 1. The van der Waals surface area contributed by atoms with E-state index < -0.39 is 10.0 Å². The number of sulfonamides is 1. The summed E-state index contributed by atoms with van der Waals surface area (Å²) in [5.41, 5.74) is 1.85. The molecule has 2 bridgehead atoms. The molecule has 160 valence electrons. The Hall–Kier alpha value is -2.61. The van der Waals surface area contributed by atoms with Crippen molar-refractivity contribution in [2.75, 3.05) is 13.2 Å². The van der Waals surface area contributed by atoms with Crippen molar-refractivity contribution in [2.45, 2.75) is 50.5 Å². The Bertz CT molecular complexity index is 991. The Kier molecular flexibility index (Phi) is 5.94. The lowest BCUT2D eigenvalue weighted by molar-refractivity contribution is -0.131. The third-order valence-electron chi connectivity index (χ3n) is 5.89. The zero-order valence-corrected chi connectivity index (χ0v) is 17.6. The highest BCUT2D eigenvalue weighted by Crippen LogP contribution is 2.39. The fourth-order valence-electron chi connectivity index (χ4n) is 4.32. The highest BCUT2D eigenvalue weighted by molar-refractivity contribution is 7.93. The number of hydrogen-bond acceptors (Lipinski definition) is 5. The first-order valence-corrected chi connectivity index (χ1v) is 11.8. The Labute approximate surface area is 177 Å². The lowest BCUT2D eigenvalue weighted by atomic mass is 9.82. The summed E-state index contributed by atoms with van der Waals surface area (Å²) in [5.74, 6) is 0.858. The Morgan fingerprint density at radius 2 is 1.93 bits per heavy atom. The van der Waals surface area contributed by atoms with Crippen LogP contribution in [0.3, 0.4) is 0 Å².